The summed E-state index contributed by atoms with van der Waals surface area (Å²) in [7, 11) is 0. The van der Waals surface area contributed by atoms with Gasteiger partial charge < -0.3 is 10.2 Å². The number of thiophene rings is 1. The highest BCUT2D eigenvalue weighted by Crippen LogP contribution is 2.27. The number of aromatic nitrogens is 1. The van der Waals surface area contributed by atoms with E-state index in [1.165, 1.54) is 4.70 Å². The zero-order chi connectivity index (χ0) is 15.6. The highest BCUT2D eigenvalue weighted by atomic mass is 32.1. The minimum Gasteiger partial charge on any atom is -0.359 e. The van der Waals surface area contributed by atoms with Gasteiger partial charge in [0.25, 0.3) is 5.91 Å². The topological polar surface area (TPSA) is 45.2 Å². The summed E-state index contributed by atoms with van der Waals surface area (Å²) >= 11 is 3.21. The summed E-state index contributed by atoms with van der Waals surface area (Å²) in [5, 5.41) is 7.55. The standard InChI is InChI=1S/C17H17N3OS2/c21-16(15-11-12-3-1-2-4-14(12)23-15)20-8-5-13(6-9-20)19-17-18-7-10-22-17/h1-4,7,10-11,13H,5-6,8-9H2,(H,18,19). The van der Waals surface area contributed by atoms with Gasteiger partial charge in [0.15, 0.2) is 5.13 Å². The fraction of sp³-hybridized carbons (Fsp3) is 0.294. The molecule has 1 aliphatic rings. The molecule has 0 atom stereocenters. The van der Waals surface area contributed by atoms with E-state index >= 15 is 0 Å². The van der Waals surface area contributed by atoms with Crippen molar-refractivity contribution in [3.05, 3.63) is 46.8 Å². The second-order valence-corrected chi connectivity index (χ2v) is 7.67. The molecule has 0 spiro atoms. The van der Waals surface area contributed by atoms with Crippen LogP contribution in [0.4, 0.5) is 5.13 Å². The molecular weight excluding hydrogens is 326 g/mol. The lowest BCUT2D eigenvalue weighted by Crippen LogP contribution is -2.42. The van der Waals surface area contributed by atoms with Crippen molar-refractivity contribution in [2.24, 2.45) is 0 Å². The number of carbonyl (C=O) groups is 1. The van der Waals surface area contributed by atoms with Crippen molar-refractivity contribution in [2.75, 3.05) is 18.4 Å². The SMILES string of the molecule is O=C(c1cc2ccccc2s1)N1CCC(Nc2nccs2)CC1. The molecule has 4 rings (SSSR count). The number of hydrogen-bond donors (Lipinski definition) is 1. The van der Waals surface area contributed by atoms with Gasteiger partial charge in [0, 0.05) is 35.4 Å². The maximum Gasteiger partial charge on any atom is 0.263 e. The number of nitrogens with one attached hydrogen (secondary N) is 1. The van der Waals surface area contributed by atoms with Crippen molar-refractivity contribution in [1.82, 2.24) is 9.88 Å². The molecule has 3 aromatic rings. The third-order valence-electron chi connectivity index (χ3n) is 4.18. The Morgan fingerprint density at radius 1 is 1.26 bits per heavy atom. The first-order chi connectivity index (χ1) is 11.3. The van der Waals surface area contributed by atoms with Gasteiger partial charge in [-0.2, -0.15) is 0 Å². The van der Waals surface area contributed by atoms with E-state index in [2.05, 4.69) is 22.4 Å². The van der Waals surface area contributed by atoms with Crippen molar-refractivity contribution in [3.8, 4) is 0 Å². The van der Waals surface area contributed by atoms with E-state index in [1.54, 1.807) is 22.7 Å². The Balaban J connectivity index is 1.40. The molecule has 1 aromatic carbocycles. The number of thiazole rings is 1. The zero-order valence-corrected chi connectivity index (χ0v) is 14.2. The van der Waals surface area contributed by atoms with Gasteiger partial charge in [0.05, 0.1) is 4.88 Å². The first-order valence-electron chi connectivity index (χ1n) is 7.73. The van der Waals surface area contributed by atoms with Gasteiger partial charge in [-0.25, -0.2) is 4.98 Å². The third kappa shape index (κ3) is 3.09. The summed E-state index contributed by atoms with van der Waals surface area (Å²) in [6.07, 6.45) is 3.75. The molecule has 0 unspecified atom stereocenters. The quantitative estimate of drug-likeness (QED) is 0.779. The Morgan fingerprint density at radius 3 is 2.83 bits per heavy atom. The molecule has 3 heterocycles. The van der Waals surface area contributed by atoms with Crippen LogP contribution in [-0.2, 0) is 0 Å². The molecule has 23 heavy (non-hydrogen) atoms. The fourth-order valence-electron chi connectivity index (χ4n) is 2.94. The van der Waals surface area contributed by atoms with Crippen LogP contribution in [0.15, 0.2) is 41.9 Å². The van der Waals surface area contributed by atoms with Gasteiger partial charge in [-0.15, -0.1) is 22.7 Å². The molecular formula is C17H17N3OS2. The van der Waals surface area contributed by atoms with Gasteiger partial charge in [0.2, 0.25) is 0 Å². The molecule has 1 amide bonds. The van der Waals surface area contributed by atoms with Gasteiger partial charge >= 0.3 is 0 Å². The summed E-state index contributed by atoms with van der Waals surface area (Å²) in [5.41, 5.74) is 0. The summed E-state index contributed by atoms with van der Waals surface area (Å²) < 4.78 is 1.18. The van der Waals surface area contributed by atoms with Crippen molar-refractivity contribution in [2.45, 2.75) is 18.9 Å². The number of nitrogens with zero attached hydrogens (tertiary/aromatic N) is 2. The molecule has 0 radical (unpaired) electrons. The molecule has 4 nitrogen and oxygen atoms in total. The highest BCUT2D eigenvalue weighted by molar-refractivity contribution is 7.20. The summed E-state index contributed by atoms with van der Waals surface area (Å²) in [5.74, 6) is 0.166. The molecule has 1 saturated heterocycles. The van der Waals surface area contributed by atoms with Gasteiger partial charge in [-0.3, -0.25) is 4.79 Å². The average molecular weight is 343 g/mol. The van der Waals surface area contributed by atoms with Crippen molar-refractivity contribution in [1.29, 1.82) is 0 Å². The minimum atomic E-state index is 0.166. The van der Waals surface area contributed by atoms with Crippen LogP contribution in [-0.4, -0.2) is 34.9 Å². The van der Waals surface area contributed by atoms with Crippen molar-refractivity contribution >= 4 is 43.8 Å². The molecule has 1 aliphatic heterocycles. The van der Waals surface area contributed by atoms with E-state index in [0.29, 0.717) is 6.04 Å². The second-order valence-electron chi connectivity index (χ2n) is 5.70. The monoisotopic (exact) mass is 343 g/mol. The minimum absolute atomic E-state index is 0.166. The predicted molar refractivity (Wildman–Crippen MR) is 96.5 cm³/mol. The summed E-state index contributed by atoms with van der Waals surface area (Å²) in [6, 6.07) is 10.6. The average Bonchev–Trinajstić information content (AvgIpc) is 3.24. The van der Waals surface area contributed by atoms with E-state index in [0.717, 1.165) is 41.3 Å². The Kier molecular flexibility index (Phi) is 4.01. The number of carbonyl (C=O) groups excluding carboxylic acids is 1. The third-order valence-corrected chi connectivity index (χ3v) is 5.99. The van der Waals surface area contributed by atoms with Crippen LogP contribution in [0.5, 0.6) is 0 Å². The molecule has 0 bridgehead atoms. The Hall–Kier alpha value is -1.92. The molecule has 0 saturated carbocycles. The molecule has 1 N–H and O–H groups in total. The number of anilines is 1. The molecule has 1 fully saturated rings. The van der Waals surface area contributed by atoms with E-state index in [1.807, 2.05) is 34.7 Å². The van der Waals surface area contributed by atoms with Crippen LogP contribution in [0, 0.1) is 0 Å². The highest BCUT2D eigenvalue weighted by Gasteiger charge is 2.25. The number of rotatable bonds is 3. The number of benzene rings is 1. The van der Waals surface area contributed by atoms with Gasteiger partial charge in [-0.1, -0.05) is 18.2 Å². The summed E-state index contributed by atoms with van der Waals surface area (Å²) in [4.78, 5) is 19.8. The van der Waals surface area contributed by atoms with Crippen LogP contribution in [0.25, 0.3) is 10.1 Å². The number of amides is 1. The largest absolute Gasteiger partial charge is 0.359 e. The lowest BCUT2D eigenvalue weighted by atomic mass is 10.1. The smallest absolute Gasteiger partial charge is 0.263 e. The van der Waals surface area contributed by atoms with Crippen LogP contribution >= 0.6 is 22.7 Å². The lowest BCUT2D eigenvalue weighted by molar-refractivity contribution is 0.0723. The first kappa shape index (κ1) is 14.7. The van der Waals surface area contributed by atoms with E-state index in [-0.39, 0.29) is 5.91 Å². The maximum absolute atomic E-state index is 12.7. The molecule has 6 heteroatoms. The Morgan fingerprint density at radius 2 is 2.09 bits per heavy atom. The second kappa shape index (κ2) is 6.29. The molecule has 2 aromatic heterocycles. The van der Waals surface area contributed by atoms with Crippen LogP contribution in [0.3, 0.4) is 0 Å². The van der Waals surface area contributed by atoms with Crippen LogP contribution in [0.1, 0.15) is 22.5 Å². The number of likely N-dealkylation sites (tertiary alicyclic amines) is 1. The Labute approximate surface area is 142 Å². The molecule has 118 valence electrons. The van der Waals surface area contributed by atoms with E-state index in [9.17, 15) is 4.79 Å². The predicted octanol–water partition coefficient (Wildman–Crippen LogP) is 4.07. The van der Waals surface area contributed by atoms with Crippen LogP contribution < -0.4 is 5.32 Å². The van der Waals surface area contributed by atoms with E-state index < -0.39 is 0 Å². The van der Waals surface area contributed by atoms with E-state index in [4.69, 9.17) is 0 Å². The van der Waals surface area contributed by atoms with Crippen molar-refractivity contribution in [3.63, 3.8) is 0 Å². The number of piperidine rings is 1. The Bertz CT molecular complexity index is 771. The maximum atomic E-state index is 12.7. The van der Waals surface area contributed by atoms with Crippen molar-refractivity contribution < 1.29 is 4.79 Å². The van der Waals surface area contributed by atoms with Gasteiger partial charge in [0.1, 0.15) is 0 Å². The molecule has 0 aliphatic carbocycles. The van der Waals surface area contributed by atoms with Gasteiger partial charge in [-0.05, 0) is 30.4 Å². The number of hydrogen-bond acceptors (Lipinski definition) is 5. The number of fused-ring (bicyclic) bond motifs is 1. The normalized spacial score (nSPS) is 15.9. The van der Waals surface area contributed by atoms with Crippen LogP contribution in [0.2, 0.25) is 0 Å². The summed E-state index contributed by atoms with van der Waals surface area (Å²) in [6.45, 7) is 1.60. The first-order valence-corrected chi connectivity index (χ1v) is 9.43. The lowest BCUT2D eigenvalue weighted by Gasteiger charge is -2.32. The zero-order valence-electron chi connectivity index (χ0n) is 12.6. The fourth-order valence-corrected chi connectivity index (χ4v) is 4.58.